The second-order valence-corrected chi connectivity index (χ2v) is 3.44. The van der Waals surface area contributed by atoms with E-state index < -0.39 is 0 Å². The fourth-order valence-electron chi connectivity index (χ4n) is 1.61. The Morgan fingerprint density at radius 3 is 2.45 bits per heavy atom. The van der Waals surface area contributed by atoms with Crippen LogP contribution in [-0.2, 0) is 4.74 Å². The average molecular weight is 160 g/mol. The lowest BCUT2D eigenvalue weighted by atomic mass is 9.89. The maximum Gasteiger partial charge on any atom is 0.113 e. The van der Waals surface area contributed by atoms with Crippen LogP contribution in [0, 0.1) is 5.92 Å². The Morgan fingerprint density at radius 1 is 1.27 bits per heavy atom. The van der Waals surface area contributed by atoms with Crippen LogP contribution >= 0.6 is 0 Å². The van der Waals surface area contributed by atoms with Crippen LogP contribution in [0.4, 0.5) is 4.39 Å². The highest BCUT2D eigenvalue weighted by Crippen LogP contribution is 2.25. The van der Waals surface area contributed by atoms with Gasteiger partial charge >= 0.3 is 0 Å². The van der Waals surface area contributed by atoms with Crippen molar-refractivity contribution in [2.45, 2.75) is 38.7 Å². The van der Waals surface area contributed by atoms with E-state index in [1.165, 1.54) is 12.8 Å². The highest BCUT2D eigenvalue weighted by atomic mass is 19.1. The summed E-state index contributed by atoms with van der Waals surface area (Å²) in [5.74, 6) is 0.847. The zero-order valence-corrected chi connectivity index (χ0v) is 7.18. The van der Waals surface area contributed by atoms with Crippen molar-refractivity contribution >= 4 is 0 Å². The first-order chi connectivity index (χ1) is 5.33. The first kappa shape index (κ1) is 8.98. The van der Waals surface area contributed by atoms with Gasteiger partial charge < -0.3 is 4.74 Å². The van der Waals surface area contributed by atoms with E-state index in [9.17, 15) is 4.39 Å². The number of halogens is 1. The monoisotopic (exact) mass is 160 g/mol. The molecule has 0 spiro atoms. The van der Waals surface area contributed by atoms with E-state index >= 15 is 0 Å². The molecule has 0 aromatic carbocycles. The molecule has 0 saturated heterocycles. The number of hydrogen-bond acceptors (Lipinski definition) is 1. The highest BCUT2D eigenvalue weighted by Gasteiger charge is 2.17. The number of ether oxygens (including phenoxy) is 1. The maximum atomic E-state index is 11.7. The molecular weight excluding hydrogens is 143 g/mol. The Balaban J connectivity index is 2.07. The van der Waals surface area contributed by atoms with Crippen LogP contribution in [0.2, 0.25) is 0 Å². The quantitative estimate of drug-likeness (QED) is 0.616. The van der Waals surface area contributed by atoms with E-state index in [2.05, 4.69) is 6.92 Å². The molecule has 0 aromatic heterocycles. The van der Waals surface area contributed by atoms with Gasteiger partial charge in [-0.05, 0) is 31.6 Å². The Kier molecular flexibility index (Phi) is 3.84. The summed E-state index contributed by atoms with van der Waals surface area (Å²) < 4.78 is 17.0. The summed E-state index contributed by atoms with van der Waals surface area (Å²) in [6, 6.07) is 0. The van der Waals surface area contributed by atoms with E-state index in [4.69, 9.17) is 4.74 Å². The predicted octanol–water partition coefficient (Wildman–Crippen LogP) is 2.55. The first-order valence-corrected chi connectivity index (χ1v) is 4.50. The molecule has 1 fully saturated rings. The van der Waals surface area contributed by atoms with Crippen LogP contribution in [0.5, 0.6) is 0 Å². The van der Waals surface area contributed by atoms with Crippen molar-refractivity contribution < 1.29 is 9.13 Å². The zero-order chi connectivity index (χ0) is 8.10. The smallest absolute Gasteiger partial charge is 0.113 e. The molecular formula is C9H17FO. The lowest BCUT2D eigenvalue weighted by molar-refractivity contribution is 0.0134. The summed E-state index contributed by atoms with van der Waals surface area (Å²) in [5, 5.41) is 0. The fourth-order valence-corrected chi connectivity index (χ4v) is 1.61. The molecule has 1 aliphatic carbocycles. The van der Waals surface area contributed by atoms with Gasteiger partial charge in [0, 0.05) is 0 Å². The van der Waals surface area contributed by atoms with E-state index in [1.807, 2.05) is 0 Å². The standard InChI is InChI=1S/C9H17FO/c1-8-2-4-9(5-3-8)11-7-6-10/h8-9H,2-7H2,1H3. The van der Waals surface area contributed by atoms with Crippen LogP contribution in [-0.4, -0.2) is 19.4 Å². The van der Waals surface area contributed by atoms with Crippen molar-refractivity contribution in [2.75, 3.05) is 13.3 Å². The summed E-state index contributed by atoms with van der Waals surface area (Å²) in [6.07, 6.45) is 5.10. The molecule has 2 heteroatoms. The van der Waals surface area contributed by atoms with Gasteiger partial charge in [0.15, 0.2) is 0 Å². The molecule has 1 aliphatic rings. The Labute approximate surface area is 67.9 Å². The number of hydrogen-bond donors (Lipinski definition) is 0. The van der Waals surface area contributed by atoms with Gasteiger partial charge in [-0.1, -0.05) is 6.92 Å². The van der Waals surface area contributed by atoms with Crippen molar-refractivity contribution in [3.63, 3.8) is 0 Å². The lowest BCUT2D eigenvalue weighted by Gasteiger charge is -2.25. The molecule has 0 heterocycles. The Hall–Kier alpha value is -0.110. The molecule has 1 rings (SSSR count). The van der Waals surface area contributed by atoms with Crippen molar-refractivity contribution in [3.8, 4) is 0 Å². The summed E-state index contributed by atoms with van der Waals surface area (Å²) in [6.45, 7) is 2.22. The van der Waals surface area contributed by atoms with Crippen LogP contribution in [0.3, 0.4) is 0 Å². The minimum Gasteiger partial charge on any atom is -0.376 e. The van der Waals surface area contributed by atoms with Crippen LogP contribution in [0.15, 0.2) is 0 Å². The molecule has 0 bridgehead atoms. The second-order valence-electron chi connectivity index (χ2n) is 3.44. The van der Waals surface area contributed by atoms with E-state index in [0.717, 1.165) is 18.8 Å². The van der Waals surface area contributed by atoms with Crippen LogP contribution in [0.1, 0.15) is 32.6 Å². The third-order valence-electron chi connectivity index (χ3n) is 2.39. The van der Waals surface area contributed by atoms with Gasteiger partial charge in [0.25, 0.3) is 0 Å². The summed E-state index contributed by atoms with van der Waals surface area (Å²) in [4.78, 5) is 0. The fraction of sp³-hybridized carbons (Fsp3) is 1.00. The molecule has 0 N–H and O–H groups in total. The minimum absolute atomic E-state index is 0.291. The first-order valence-electron chi connectivity index (χ1n) is 4.50. The van der Waals surface area contributed by atoms with Gasteiger partial charge in [0.05, 0.1) is 12.7 Å². The van der Waals surface area contributed by atoms with Gasteiger partial charge in [-0.3, -0.25) is 0 Å². The molecule has 0 radical (unpaired) electrons. The third kappa shape index (κ3) is 3.19. The summed E-state index contributed by atoms with van der Waals surface area (Å²) >= 11 is 0. The van der Waals surface area contributed by atoms with E-state index in [-0.39, 0.29) is 6.67 Å². The molecule has 0 aliphatic heterocycles. The molecule has 66 valence electrons. The van der Waals surface area contributed by atoms with Crippen molar-refractivity contribution in [2.24, 2.45) is 5.92 Å². The average Bonchev–Trinajstić information content (AvgIpc) is 2.04. The lowest BCUT2D eigenvalue weighted by Crippen LogP contribution is -2.21. The molecule has 1 saturated carbocycles. The largest absolute Gasteiger partial charge is 0.376 e. The minimum atomic E-state index is -0.341. The molecule has 0 unspecified atom stereocenters. The maximum absolute atomic E-state index is 11.7. The van der Waals surface area contributed by atoms with Crippen molar-refractivity contribution in [1.29, 1.82) is 0 Å². The summed E-state index contributed by atoms with van der Waals surface area (Å²) in [7, 11) is 0. The van der Waals surface area contributed by atoms with Crippen molar-refractivity contribution in [1.82, 2.24) is 0 Å². The molecule has 1 nitrogen and oxygen atoms in total. The highest BCUT2D eigenvalue weighted by molar-refractivity contribution is 4.69. The van der Waals surface area contributed by atoms with Gasteiger partial charge in [-0.25, -0.2) is 4.39 Å². The zero-order valence-electron chi connectivity index (χ0n) is 7.18. The number of rotatable bonds is 3. The van der Waals surface area contributed by atoms with Crippen molar-refractivity contribution in [3.05, 3.63) is 0 Å². The van der Waals surface area contributed by atoms with E-state index in [1.54, 1.807) is 0 Å². The second kappa shape index (κ2) is 4.70. The van der Waals surface area contributed by atoms with Gasteiger partial charge in [-0.2, -0.15) is 0 Å². The molecule has 11 heavy (non-hydrogen) atoms. The van der Waals surface area contributed by atoms with E-state index in [0.29, 0.717) is 12.7 Å². The molecule has 0 amide bonds. The third-order valence-corrected chi connectivity index (χ3v) is 2.39. The van der Waals surface area contributed by atoms with Gasteiger partial charge in [0.1, 0.15) is 6.67 Å². The molecule has 0 aromatic rings. The van der Waals surface area contributed by atoms with Crippen LogP contribution < -0.4 is 0 Å². The predicted molar refractivity (Wildman–Crippen MR) is 43.3 cm³/mol. The Bertz CT molecular complexity index is 95.0. The topological polar surface area (TPSA) is 9.23 Å². The molecule has 0 atom stereocenters. The van der Waals surface area contributed by atoms with Crippen LogP contribution in [0.25, 0.3) is 0 Å². The van der Waals surface area contributed by atoms with Gasteiger partial charge in [0.2, 0.25) is 0 Å². The SMILES string of the molecule is CC1CCC(OCCF)CC1. The number of alkyl halides is 1. The normalized spacial score (nSPS) is 32.2. The summed E-state index contributed by atoms with van der Waals surface area (Å²) in [5.41, 5.74) is 0. The Morgan fingerprint density at radius 2 is 1.91 bits per heavy atom. The van der Waals surface area contributed by atoms with Gasteiger partial charge in [-0.15, -0.1) is 0 Å².